The van der Waals surface area contributed by atoms with Gasteiger partial charge < -0.3 is 4.74 Å². The highest BCUT2D eigenvalue weighted by atomic mass is 35.5. The molecule has 22 heavy (non-hydrogen) atoms. The lowest BCUT2D eigenvalue weighted by molar-refractivity contribution is 0.0574. The maximum atomic E-state index is 11.8. The third-order valence-corrected chi connectivity index (χ3v) is 6.45. The van der Waals surface area contributed by atoms with Crippen LogP contribution in [0.3, 0.4) is 0 Å². The van der Waals surface area contributed by atoms with Gasteiger partial charge in [0.05, 0.1) is 17.6 Å². The molecule has 0 N–H and O–H groups in total. The normalized spacial score (nSPS) is 27.5. The minimum atomic E-state index is -2.88. The van der Waals surface area contributed by atoms with E-state index in [1.165, 1.54) is 0 Å². The molecule has 2 saturated heterocycles. The molecule has 6 heteroatoms. The van der Waals surface area contributed by atoms with Crippen LogP contribution in [0, 0.1) is 0 Å². The van der Waals surface area contributed by atoms with Crippen LogP contribution in [0.5, 0.6) is 0 Å². The first-order valence-corrected chi connectivity index (χ1v) is 10.0. The smallest absolute Gasteiger partial charge is 0.151 e. The lowest BCUT2D eigenvalue weighted by Gasteiger charge is -2.30. The molecule has 1 aromatic rings. The lowest BCUT2D eigenvalue weighted by Crippen LogP contribution is -2.40. The van der Waals surface area contributed by atoms with E-state index in [1.54, 1.807) is 0 Å². The molecule has 0 aromatic heterocycles. The Morgan fingerprint density at radius 2 is 2.18 bits per heavy atom. The number of hydrogen-bond donors (Lipinski definition) is 0. The van der Waals surface area contributed by atoms with Crippen LogP contribution < -0.4 is 0 Å². The topological polar surface area (TPSA) is 46.6 Å². The van der Waals surface area contributed by atoms with E-state index in [9.17, 15) is 8.42 Å². The van der Waals surface area contributed by atoms with Crippen LogP contribution >= 0.6 is 11.6 Å². The average Bonchev–Trinajstić information content (AvgIpc) is 3.07. The molecule has 1 aromatic carbocycles. The third kappa shape index (κ3) is 4.22. The van der Waals surface area contributed by atoms with E-state index in [-0.39, 0.29) is 17.9 Å². The Hall–Kier alpha value is -0.620. The number of ether oxygens (including phenoxy) is 1. The van der Waals surface area contributed by atoms with Crippen molar-refractivity contribution in [3.05, 3.63) is 34.9 Å². The summed E-state index contributed by atoms with van der Waals surface area (Å²) in [5, 5.41) is 0.716. The summed E-state index contributed by atoms with van der Waals surface area (Å²) in [5.74, 6) is 0.565. The maximum Gasteiger partial charge on any atom is 0.151 e. The maximum absolute atomic E-state index is 11.8. The molecule has 3 rings (SSSR count). The fourth-order valence-corrected chi connectivity index (χ4v) is 5.30. The molecule has 122 valence electrons. The highest BCUT2D eigenvalue weighted by Gasteiger charge is 2.33. The number of halogens is 1. The van der Waals surface area contributed by atoms with Crippen LogP contribution in [0.4, 0.5) is 0 Å². The van der Waals surface area contributed by atoms with Gasteiger partial charge >= 0.3 is 0 Å². The summed E-state index contributed by atoms with van der Waals surface area (Å²) in [6, 6.07) is 7.88. The molecule has 2 aliphatic rings. The average molecular weight is 344 g/mol. The molecule has 0 aliphatic carbocycles. The van der Waals surface area contributed by atoms with Crippen molar-refractivity contribution in [1.82, 2.24) is 4.90 Å². The Morgan fingerprint density at radius 3 is 2.82 bits per heavy atom. The van der Waals surface area contributed by atoms with E-state index in [4.69, 9.17) is 16.3 Å². The summed E-state index contributed by atoms with van der Waals surface area (Å²) in [7, 11) is -2.88. The van der Waals surface area contributed by atoms with Crippen LogP contribution in [0.1, 0.15) is 24.8 Å². The number of nitrogens with zero attached hydrogens (tertiary/aromatic N) is 1. The first-order valence-electron chi connectivity index (χ1n) is 7.82. The summed E-state index contributed by atoms with van der Waals surface area (Å²) in [6.07, 6.45) is 3.10. The largest absolute Gasteiger partial charge is 0.377 e. The van der Waals surface area contributed by atoms with Crippen molar-refractivity contribution in [1.29, 1.82) is 0 Å². The molecular formula is C16H22ClNO3S. The Kier molecular flexibility index (Phi) is 5.07. The van der Waals surface area contributed by atoms with Crippen molar-refractivity contribution in [2.24, 2.45) is 0 Å². The predicted octanol–water partition coefficient (Wildman–Crippen LogP) is 2.51. The predicted molar refractivity (Wildman–Crippen MR) is 87.9 cm³/mol. The summed E-state index contributed by atoms with van der Waals surface area (Å²) in [4.78, 5) is 2.27. The van der Waals surface area contributed by atoms with Crippen molar-refractivity contribution in [3.8, 4) is 0 Å². The molecule has 0 unspecified atom stereocenters. The second kappa shape index (κ2) is 6.87. The summed E-state index contributed by atoms with van der Waals surface area (Å²) in [5.41, 5.74) is 1.12. The van der Waals surface area contributed by atoms with Gasteiger partial charge in [0, 0.05) is 30.8 Å². The molecule has 2 atom stereocenters. The van der Waals surface area contributed by atoms with Gasteiger partial charge in [-0.1, -0.05) is 23.7 Å². The molecule has 2 aliphatic heterocycles. The number of rotatable bonds is 5. The Morgan fingerprint density at radius 1 is 1.32 bits per heavy atom. The van der Waals surface area contributed by atoms with E-state index in [1.807, 2.05) is 24.3 Å². The van der Waals surface area contributed by atoms with Crippen LogP contribution in [-0.2, 0) is 21.1 Å². The van der Waals surface area contributed by atoms with Crippen LogP contribution in [0.25, 0.3) is 0 Å². The van der Waals surface area contributed by atoms with E-state index < -0.39 is 9.84 Å². The fourth-order valence-electron chi connectivity index (χ4n) is 3.33. The second-order valence-electron chi connectivity index (χ2n) is 6.25. The highest BCUT2D eigenvalue weighted by molar-refractivity contribution is 7.91. The van der Waals surface area contributed by atoms with E-state index in [0.29, 0.717) is 10.8 Å². The lowest BCUT2D eigenvalue weighted by atomic mass is 10.1. The molecular weight excluding hydrogens is 322 g/mol. The monoisotopic (exact) mass is 343 g/mol. The molecule has 4 nitrogen and oxygen atoms in total. The summed E-state index contributed by atoms with van der Waals surface area (Å²) >= 11 is 6.06. The van der Waals surface area contributed by atoms with E-state index in [0.717, 1.165) is 44.5 Å². The van der Waals surface area contributed by atoms with Gasteiger partial charge in [0.1, 0.15) is 0 Å². The molecule has 0 saturated carbocycles. The van der Waals surface area contributed by atoms with Gasteiger partial charge in [0.2, 0.25) is 0 Å². The minimum absolute atomic E-state index is 0.0909. The van der Waals surface area contributed by atoms with Crippen molar-refractivity contribution < 1.29 is 13.2 Å². The Bertz CT molecular complexity index is 614. The second-order valence-corrected chi connectivity index (χ2v) is 8.92. The summed E-state index contributed by atoms with van der Waals surface area (Å²) in [6.45, 7) is 2.34. The van der Waals surface area contributed by atoms with Crippen molar-refractivity contribution in [3.63, 3.8) is 0 Å². The van der Waals surface area contributed by atoms with Gasteiger partial charge in [-0.05, 0) is 37.0 Å². The van der Waals surface area contributed by atoms with Gasteiger partial charge in [0.15, 0.2) is 9.84 Å². The SMILES string of the molecule is O=S1(=O)CC[C@H](N(Cc2cccc(Cl)c2)C[C@H]2CCCO2)C1. The zero-order chi connectivity index (χ0) is 15.6. The number of benzene rings is 1. The standard InChI is InChI=1S/C16H22ClNO3S/c17-14-4-1-3-13(9-14)10-18(11-16-5-2-7-21-16)15-6-8-22(19,20)12-15/h1,3-4,9,15-16H,2,5-8,10-12H2/t15-,16+/m0/s1. The zero-order valence-corrected chi connectivity index (χ0v) is 14.2. The minimum Gasteiger partial charge on any atom is -0.377 e. The highest BCUT2D eigenvalue weighted by Crippen LogP contribution is 2.23. The molecule has 0 radical (unpaired) electrons. The fraction of sp³-hybridized carbons (Fsp3) is 0.625. The van der Waals surface area contributed by atoms with Crippen LogP contribution in [0.15, 0.2) is 24.3 Å². The van der Waals surface area contributed by atoms with E-state index >= 15 is 0 Å². The van der Waals surface area contributed by atoms with E-state index in [2.05, 4.69) is 4.90 Å². The van der Waals surface area contributed by atoms with Crippen molar-refractivity contribution >= 4 is 21.4 Å². The van der Waals surface area contributed by atoms with Crippen LogP contribution in [0.2, 0.25) is 5.02 Å². The number of hydrogen-bond acceptors (Lipinski definition) is 4. The van der Waals surface area contributed by atoms with Crippen molar-refractivity contribution in [2.45, 2.75) is 38.0 Å². The molecule has 0 bridgehead atoms. The van der Waals surface area contributed by atoms with Gasteiger partial charge in [-0.3, -0.25) is 4.90 Å². The quantitative estimate of drug-likeness (QED) is 0.824. The Balaban J connectivity index is 1.73. The third-order valence-electron chi connectivity index (χ3n) is 4.46. The van der Waals surface area contributed by atoms with Gasteiger partial charge in [-0.15, -0.1) is 0 Å². The Labute approximate surface area is 137 Å². The first-order chi connectivity index (χ1) is 10.5. The molecule has 0 amide bonds. The van der Waals surface area contributed by atoms with Crippen molar-refractivity contribution in [2.75, 3.05) is 24.7 Å². The molecule has 0 spiro atoms. The zero-order valence-electron chi connectivity index (χ0n) is 12.6. The molecule has 2 heterocycles. The van der Waals surface area contributed by atoms with Crippen LogP contribution in [-0.4, -0.2) is 50.1 Å². The van der Waals surface area contributed by atoms with Gasteiger partial charge in [0.25, 0.3) is 0 Å². The first kappa shape index (κ1) is 16.2. The van der Waals surface area contributed by atoms with Gasteiger partial charge in [-0.25, -0.2) is 8.42 Å². The summed E-state index contributed by atoms with van der Waals surface area (Å²) < 4.78 is 29.4. The molecule has 2 fully saturated rings. The number of sulfone groups is 1. The van der Waals surface area contributed by atoms with Gasteiger partial charge in [-0.2, -0.15) is 0 Å².